The summed E-state index contributed by atoms with van der Waals surface area (Å²) in [5.74, 6) is -0.221. The minimum Gasteiger partial charge on any atom is -0.348 e. The number of carbonyl (C=O) groups excluding carboxylic acids is 1. The first kappa shape index (κ1) is 20.1. The third kappa shape index (κ3) is 3.93. The van der Waals surface area contributed by atoms with Gasteiger partial charge in [-0.15, -0.1) is 0 Å². The van der Waals surface area contributed by atoms with Crippen LogP contribution in [0, 0.1) is 6.92 Å². The molecule has 0 aliphatic heterocycles. The molecular weight excluding hydrogens is 400 g/mol. The fourth-order valence-corrected chi connectivity index (χ4v) is 3.63. The molecule has 0 aliphatic rings. The first-order valence-electron chi connectivity index (χ1n) is 9.82. The van der Waals surface area contributed by atoms with E-state index in [4.69, 9.17) is 11.6 Å². The maximum Gasteiger partial charge on any atom is 0.272 e. The molecule has 0 spiro atoms. The van der Waals surface area contributed by atoms with E-state index in [-0.39, 0.29) is 11.9 Å². The van der Waals surface area contributed by atoms with E-state index in [0.29, 0.717) is 11.3 Å². The van der Waals surface area contributed by atoms with E-state index in [1.54, 1.807) is 27.7 Å². The van der Waals surface area contributed by atoms with Crippen LogP contribution in [0.15, 0.2) is 48.8 Å². The number of halogens is 1. The van der Waals surface area contributed by atoms with Crippen LogP contribution in [0.2, 0.25) is 5.02 Å². The second kappa shape index (κ2) is 8.28. The van der Waals surface area contributed by atoms with Gasteiger partial charge in [-0.05, 0) is 44.4 Å². The molecule has 154 valence electrons. The zero-order valence-corrected chi connectivity index (χ0v) is 17.9. The van der Waals surface area contributed by atoms with Crippen LogP contribution in [-0.2, 0) is 13.5 Å². The Hall–Kier alpha value is -3.19. The number of rotatable bonds is 6. The zero-order valence-electron chi connectivity index (χ0n) is 17.1. The first-order valence-corrected chi connectivity index (χ1v) is 10.2. The van der Waals surface area contributed by atoms with Gasteiger partial charge in [-0.1, -0.05) is 29.8 Å². The quantitative estimate of drug-likeness (QED) is 0.512. The molecule has 0 radical (unpaired) electrons. The molecular formula is C22H23ClN6O. The zero-order chi connectivity index (χ0) is 21.3. The molecule has 3 heterocycles. The van der Waals surface area contributed by atoms with E-state index in [2.05, 4.69) is 20.5 Å². The van der Waals surface area contributed by atoms with Gasteiger partial charge in [-0.25, -0.2) is 9.50 Å². The summed E-state index contributed by atoms with van der Waals surface area (Å²) >= 11 is 6.22. The van der Waals surface area contributed by atoms with Crippen molar-refractivity contribution in [2.24, 2.45) is 7.05 Å². The molecule has 4 rings (SSSR count). The lowest BCUT2D eigenvalue weighted by Gasteiger charge is -2.13. The Morgan fingerprint density at radius 3 is 2.80 bits per heavy atom. The summed E-state index contributed by atoms with van der Waals surface area (Å²) < 4.78 is 3.49. The van der Waals surface area contributed by atoms with Crippen LogP contribution in [0.1, 0.15) is 35.1 Å². The summed E-state index contributed by atoms with van der Waals surface area (Å²) in [6.45, 7) is 3.97. The molecule has 8 heteroatoms. The fraction of sp³-hybridized carbons (Fsp3) is 0.273. The standard InChI is InChI=1S/C22H23ClN6O/c1-14(8-9-16-6-4-5-7-18(16)23)26-22(30)19-12-21-24-11-10-20(29(21)27-19)17-13-25-28(3)15(17)2/h4-7,10-14H,8-9H2,1-3H3,(H,26,30)/t14-/m1/s1. The Labute approximate surface area is 179 Å². The summed E-state index contributed by atoms with van der Waals surface area (Å²) in [6.07, 6.45) is 5.08. The topological polar surface area (TPSA) is 77.1 Å². The Bertz CT molecular complexity index is 1210. The molecule has 1 atom stereocenters. The number of carbonyl (C=O) groups is 1. The summed E-state index contributed by atoms with van der Waals surface area (Å²) in [5, 5.41) is 12.6. The smallest absolute Gasteiger partial charge is 0.272 e. The molecule has 7 nitrogen and oxygen atoms in total. The summed E-state index contributed by atoms with van der Waals surface area (Å²) in [6, 6.07) is 11.3. The molecule has 0 unspecified atom stereocenters. The number of fused-ring (bicyclic) bond motifs is 1. The van der Waals surface area contributed by atoms with Crippen LogP contribution >= 0.6 is 11.6 Å². The van der Waals surface area contributed by atoms with Crippen molar-refractivity contribution in [3.8, 4) is 11.3 Å². The van der Waals surface area contributed by atoms with Gasteiger partial charge in [0, 0.05) is 41.6 Å². The molecule has 30 heavy (non-hydrogen) atoms. The van der Waals surface area contributed by atoms with Crippen LogP contribution in [0.5, 0.6) is 0 Å². The van der Waals surface area contributed by atoms with Crippen molar-refractivity contribution < 1.29 is 4.79 Å². The minimum absolute atomic E-state index is 0.0217. The van der Waals surface area contributed by atoms with Gasteiger partial charge < -0.3 is 5.32 Å². The lowest BCUT2D eigenvalue weighted by atomic mass is 10.1. The number of aryl methyl sites for hydroxylation is 2. The highest BCUT2D eigenvalue weighted by atomic mass is 35.5. The second-order valence-corrected chi connectivity index (χ2v) is 7.81. The molecule has 0 aliphatic carbocycles. The van der Waals surface area contributed by atoms with Crippen molar-refractivity contribution in [2.45, 2.75) is 32.7 Å². The molecule has 1 aromatic carbocycles. The minimum atomic E-state index is -0.221. The largest absolute Gasteiger partial charge is 0.348 e. The Morgan fingerprint density at radius 1 is 1.27 bits per heavy atom. The van der Waals surface area contributed by atoms with Gasteiger partial charge in [0.05, 0.1) is 11.9 Å². The number of hydrogen-bond donors (Lipinski definition) is 1. The molecule has 0 bridgehead atoms. The van der Waals surface area contributed by atoms with Crippen LogP contribution in [-0.4, -0.2) is 36.3 Å². The summed E-state index contributed by atoms with van der Waals surface area (Å²) in [7, 11) is 1.89. The van der Waals surface area contributed by atoms with Gasteiger partial charge in [0.1, 0.15) is 0 Å². The maximum atomic E-state index is 12.8. The molecule has 3 aromatic heterocycles. The van der Waals surface area contributed by atoms with E-state index in [9.17, 15) is 4.79 Å². The third-order valence-corrected chi connectivity index (χ3v) is 5.65. The van der Waals surface area contributed by atoms with Crippen molar-refractivity contribution in [2.75, 3.05) is 0 Å². The first-order chi connectivity index (χ1) is 14.4. The van der Waals surface area contributed by atoms with Crippen LogP contribution in [0.4, 0.5) is 0 Å². The molecule has 4 aromatic rings. The SMILES string of the molecule is Cc1c(-c2ccnc3cc(C(=O)N[C@H](C)CCc4ccccc4Cl)nn23)cnn1C. The van der Waals surface area contributed by atoms with Gasteiger partial charge in [-0.2, -0.15) is 10.2 Å². The summed E-state index contributed by atoms with van der Waals surface area (Å²) in [4.78, 5) is 17.1. The maximum absolute atomic E-state index is 12.8. The third-order valence-electron chi connectivity index (χ3n) is 5.28. The van der Waals surface area contributed by atoms with Crippen molar-refractivity contribution in [1.29, 1.82) is 0 Å². The van der Waals surface area contributed by atoms with E-state index in [1.807, 2.05) is 51.2 Å². The van der Waals surface area contributed by atoms with Crippen LogP contribution in [0.25, 0.3) is 16.9 Å². The van der Waals surface area contributed by atoms with Gasteiger partial charge in [0.2, 0.25) is 0 Å². The van der Waals surface area contributed by atoms with E-state index in [1.165, 1.54) is 0 Å². The lowest BCUT2D eigenvalue weighted by molar-refractivity contribution is 0.0933. The van der Waals surface area contributed by atoms with Crippen LogP contribution < -0.4 is 5.32 Å². The average Bonchev–Trinajstić information content (AvgIpc) is 3.31. The van der Waals surface area contributed by atoms with E-state index >= 15 is 0 Å². The summed E-state index contributed by atoms with van der Waals surface area (Å²) in [5.41, 5.74) is 4.83. The average molecular weight is 423 g/mol. The highest BCUT2D eigenvalue weighted by Gasteiger charge is 2.17. The van der Waals surface area contributed by atoms with Gasteiger partial charge >= 0.3 is 0 Å². The molecule has 0 saturated carbocycles. The van der Waals surface area contributed by atoms with E-state index < -0.39 is 0 Å². The monoisotopic (exact) mass is 422 g/mol. The Kier molecular flexibility index (Phi) is 5.55. The molecule has 0 saturated heterocycles. The van der Waals surface area contributed by atoms with Gasteiger partial charge in [0.15, 0.2) is 11.3 Å². The lowest BCUT2D eigenvalue weighted by Crippen LogP contribution is -2.33. The molecule has 1 N–H and O–H groups in total. The van der Waals surface area contributed by atoms with Crippen molar-refractivity contribution in [3.63, 3.8) is 0 Å². The highest BCUT2D eigenvalue weighted by molar-refractivity contribution is 6.31. The predicted molar refractivity (Wildman–Crippen MR) is 117 cm³/mol. The normalized spacial score (nSPS) is 12.3. The van der Waals surface area contributed by atoms with Crippen LogP contribution in [0.3, 0.4) is 0 Å². The predicted octanol–water partition coefficient (Wildman–Crippen LogP) is 3.84. The fourth-order valence-electron chi connectivity index (χ4n) is 3.40. The Balaban J connectivity index is 1.50. The number of hydrogen-bond acceptors (Lipinski definition) is 4. The molecule has 1 amide bonds. The molecule has 0 fully saturated rings. The number of aromatic nitrogens is 5. The highest BCUT2D eigenvalue weighted by Crippen LogP contribution is 2.23. The van der Waals surface area contributed by atoms with Crippen molar-refractivity contribution in [3.05, 3.63) is 70.8 Å². The number of benzene rings is 1. The van der Waals surface area contributed by atoms with Gasteiger partial charge in [-0.3, -0.25) is 9.48 Å². The van der Waals surface area contributed by atoms with E-state index in [0.717, 1.165) is 40.4 Å². The number of amides is 1. The number of nitrogens with zero attached hydrogens (tertiary/aromatic N) is 5. The van der Waals surface area contributed by atoms with Crippen molar-refractivity contribution in [1.82, 2.24) is 29.7 Å². The Morgan fingerprint density at radius 2 is 2.07 bits per heavy atom. The van der Waals surface area contributed by atoms with Gasteiger partial charge in [0.25, 0.3) is 5.91 Å². The van der Waals surface area contributed by atoms with Crippen molar-refractivity contribution >= 4 is 23.2 Å². The second-order valence-electron chi connectivity index (χ2n) is 7.40. The number of nitrogens with one attached hydrogen (secondary N) is 1.